The molecule has 3 aromatic carbocycles. The number of carbonyl (C=O) groups excluding carboxylic acids is 2. The Kier molecular flexibility index (Phi) is 5.89. The van der Waals surface area contributed by atoms with E-state index in [1.807, 2.05) is 49.4 Å². The average Bonchev–Trinajstić information content (AvgIpc) is 3.22. The van der Waals surface area contributed by atoms with Gasteiger partial charge in [-0.3, -0.25) is 4.79 Å². The second-order valence-corrected chi connectivity index (χ2v) is 7.45. The molecule has 1 unspecified atom stereocenters. The highest BCUT2D eigenvalue weighted by Gasteiger charge is 2.20. The Morgan fingerprint density at radius 3 is 2.53 bits per heavy atom. The number of hydrogen-bond acceptors (Lipinski definition) is 5. The summed E-state index contributed by atoms with van der Waals surface area (Å²) in [5.74, 6) is 0.460. The number of nitrogens with zero attached hydrogens (tertiary/aromatic N) is 1. The molecule has 0 radical (unpaired) electrons. The molecule has 2 N–H and O–H groups in total. The molecule has 0 fully saturated rings. The number of aromatic nitrogens is 2. The number of anilines is 1. The van der Waals surface area contributed by atoms with E-state index in [1.165, 1.54) is 0 Å². The molecule has 7 heteroatoms. The largest absolute Gasteiger partial charge is 0.497 e. The van der Waals surface area contributed by atoms with Crippen LogP contribution in [0.2, 0.25) is 0 Å². The van der Waals surface area contributed by atoms with Crippen molar-refractivity contribution in [2.45, 2.75) is 20.0 Å². The summed E-state index contributed by atoms with van der Waals surface area (Å²) < 4.78 is 10.5. The van der Waals surface area contributed by atoms with Crippen molar-refractivity contribution in [2.75, 3.05) is 12.4 Å². The highest BCUT2D eigenvalue weighted by atomic mass is 16.5. The molecular weight excluding hydrogens is 406 g/mol. The minimum atomic E-state index is -0.949. The monoisotopic (exact) mass is 429 g/mol. The smallest absolute Gasteiger partial charge is 0.338 e. The van der Waals surface area contributed by atoms with Crippen LogP contribution in [0.5, 0.6) is 5.75 Å². The summed E-state index contributed by atoms with van der Waals surface area (Å²) in [4.78, 5) is 32.8. The lowest BCUT2D eigenvalue weighted by atomic mass is 10.2. The molecule has 0 saturated carbocycles. The molecule has 162 valence electrons. The standard InChI is InChI=1S/C25H23N3O4/c1-15-5-4-6-19(13-15)26-24(29)16(2)32-25(30)18-9-12-21-22(14-18)28-23(27-21)17-7-10-20(31-3)11-8-17/h4-14,16H,1-3H3,(H,26,29)(H,27,28). The van der Waals surface area contributed by atoms with Gasteiger partial charge in [-0.1, -0.05) is 12.1 Å². The van der Waals surface area contributed by atoms with Crippen molar-refractivity contribution in [1.82, 2.24) is 9.97 Å². The number of H-pyrrole nitrogens is 1. The lowest BCUT2D eigenvalue weighted by Crippen LogP contribution is -2.30. The van der Waals surface area contributed by atoms with Gasteiger partial charge in [0.05, 0.1) is 23.7 Å². The van der Waals surface area contributed by atoms with Gasteiger partial charge < -0.3 is 19.8 Å². The number of nitrogens with one attached hydrogen (secondary N) is 2. The van der Waals surface area contributed by atoms with Crippen LogP contribution >= 0.6 is 0 Å². The zero-order chi connectivity index (χ0) is 22.7. The first-order valence-electron chi connectivity index (χ1n) is 10.2. The lowest BCUT2D eigenvalue weighted by molar-refractivity contribution is -0.123. The highest BCUT2D eigenvalue weighted by molar-refractivity contribution is 5.98. The minimum Gasteiger partial charge on any atom is -0.497 e. The Balaban J connectivity index is 1.46. The fourth-order valence-electron chi connectivity index (χ4n) is 3.27. The Hall–Kier alpha value is -4.13. The molecule has 32 heavy (non-hydrogen) atoms. The SMILES string of the molecule is COc1ccc(-c2nc3ccc(C(=O)OC(C)C(=O)Nc4cccc(C)c4)cc3[nH]2)cc1. The lowest BCUT2D eigenvalue weighted by Gasteiger charge is -2.14. The fourth-order valence-corrected chi connectivity index (χ4v) is 3.27. The van der Waals surface area contributed by atoms with Crippen LogP contribution in [0.4, 0.5) is 5.69 Å². The molecular formula is C25H23N3O4. The van der Waals surface area contributed by atoms with Crippen LogP contribution in [-0.2, 0) is 9.53 Å². The van der Waals surface area contributed by atoms with E-state index >= 15 is 0 Å². The van der Waals surface area contributed by atoms with Crippen molar-refractivity contribution in [3.63, 3.8) is 0 Å². The van der Waals surface area contributed by atoms with E-state index in [0.717, 1.165) is 22.4 Å². The minimum absolute atomic E-state index is 0.331. The Bertz CT molecular complexity index is 1280. The van der Waals surface area contributed by atoms with Crippen LogP contribution in [0.3, 0.4) is 0 Å². The van der Waals surface area contributed by atoms with Crippen LogP contribution in [0, 0.1) is 6.92 Å². The number of fused-ring (bicyclic) bond motifs is 1. The van der Waals surface area contributed by atoms with E-state index in [2.05, 4.69) is 15.3 Å². The molecule has 1 amide bonds. The predicted octanol–water partition coefficient (Wildman–Crippen LogP) is 4.73. The third-order valence-electron chi connectivity index (χ3n) is 5.02. The van der Waals surface area contributed by atoms with E-state index in [9.17, 15) is 9.59 Å². The van der Waals surface area contributed by atoms with Crippen LogP contribution in [0.1, 0.15) is 22.8 Å². The highest BCUT2D eigenvalue weighted by Crippen LogP contribution is 2.24. The van der Waals surface area contributed by atoms with Crippen LogP contribution < -0.4 is 10.1 Å². The number of methoxy groups -OCH3 is 1. The van der Waals surface area contributed by atoms with Crippen molar-refractivity contribution in [3.05, 3.63) is 77.9 Å². The van der Waals surface area contributed by atoms with Gasteiger partial charge in [0.1, 0.15) is 11.6 Å². The molecule has 1 atom stereocenters. The number of ether oxygens (including phenoxy) is 2. The van der Waals surface area contributed by atoms with E-state index < -0.39 is 18.0 Å². The van der Waals surface area contributed by atoms with Crippen molar-refractivity contribution >= 4 is 28.6 Å². The van der Waals surface area contributed by atoms with E-state index in [0.29, 0.717) is 22.6 Å². The number of aromatic amines is 1. The third-order valence-corrected chi connectivity index (χ3v) is 5.02. The molecule has 0 bridgehead atoms. The number of carbonyl (C=O) groups is 2. The Labute approximate surface area is 185 Å². The van der Waals surface area contributed by atoms with E-state index in [-0.39, 0.29) is 0 Å². The average molecular weight is 429 g/mol. The fraction of sp³-hybridized carbons (Fsp3) is 0.160. The number of rotatable bonds is 6. The van der Waals surface area contributed by atoms with Crippen LogP contribution in [-0.4, -0.2) is 35.1 Å². The summed E-state index contributed by atoms with van der Waals surface area (Å²) in [5.41, 5.74) is 4.32. The molecule has 0 aliphatic heterocycles. The molecule has 1 heterocycles. The number of benzene rings is 3. The zero-order valence-corrected chi connectivity index (χ0v) is 18.0. The topological polar surface area (TPSA) is 93.3 Å². The first-order chi connectivity index (χ1) is 15.4. The Morgan fingerprint density at radius 1 is 1.03 bits per heavy atom. The van der Waals surface area contributed by atoms with E-state index in [4.69, 9.17) is 9.47 Å². The van der Waals surface area contributed by atoms with Gasteiger partial charge >= 0.3 is 5.97 Å². The summed E-state index contributed by atoms with van der Waals surface area (Å²) >= 11 is 0. The second-order valence-electron chi connectivity index (χ2n) is 7.45. The molecule has 4 aromatic rings. The maximum Gasteiger partial charge on any atom is 0.338 e. The third kappa shape index (κ3) is 4.62. The number of imidazole rings is 1. The van der Waals surface area contributed by atoms with Crippen molar-refractivity contribution in [3.8, 4) is 17.1 Å². The first-order valence-corrected chi connectivity index (χ1v) is 10.2. The van der Waals surface area contributed by atoms with Crippen molar-refractivity contribution < 1.29 is 19.1 Å². The van der Waals surface area contributed by atoms with Gasteiger partial charge in [-0.15, -0.1) is 0 Å². The van der Waals surface area contributed by atoms with E-state index in [1.54, 1.807) is 38.3 Å². The maximum atomic E-state index is 12.6. The van der Waals surface area contributed by atoms with Gasteiger partial charge in [0.15, 0.2) is 6.10 Å². The number of esters is 1. The summed E-state index contributed by atoms with van der Waals surface area (Å²) in [6, 6.07) is 20.0. The van der Waals surface area contributed by atoms with Gasteiger partial charge in [0.25, 0.3) is 5.91 Å². The first kappa shape index (κ1) is 21.1. The number of aryl methyl sites for hydroxylation is 1. The molecule has 1 aromatic heterocycles. The van der Waals surface area contributed by atoms with Gasteiger partial charge in [0.2, 0.25) is 0 Å². The summed E-state index contributed by atoms with van der Waals surface area (Å²) in [7, 11) is 1.61. The van der Waals surface area contributed by atoms with Crippen molar-refractivity contribution in [1.29, 1.82) is 0 Å². The zero-order valence-electron chi connectivity index (χ0n) is 18.0. The predicted molar refractivity (Wildman–Crippen MR) is 123 cm³/mol. The van der Waals surface area contributed by atoms with Crippen molar-refractivity contribution in [2.24, 2.45) is 0 Å². The molecule has 4 rings (SSSR count). The maximum absolute atomic E-state index is 12.6. The van der Waals surface area contributed by atoms with Gasteiger partial charge in [-0.05, 0) is 74.0 Å². The normalized spacial score (nSPS) is 11.7. The number of hydrogen-bond donors (Lipinski definition) is 2. The Morgan fingerprint density at radius 2 is 1.81 bits per heavy atom. The molecule has 0 saturated heterocycles. The second kappa shape index (κ2) is 8.93. The quantitative estimate of drug-likeness (QED) is 0.432. The number of amides is 1. The molecule has 7 nitrogen and oxygen atoms in total. The summed E-state index contributed by atoms with van der Waals surface area (Å²) in [5, 5.41) is 2.76. The van der Waals surface area contributed by atoms with Crippen LogP contribution in [0.15, 0.2) is 66.7 Å². The van der Waals surface area contributed by atoms with Gasteiger partial charge in [0, 0.05) is 11.3 Å². The van der Waals surface area contributed by atoms with Crippen LogP contribution in [0.25, 0.3) is 22.4 Å². The summed E-state index contributed by atoms with van der Waals surface area (Å²) in [6.45, 7) is 3.48. The van der Waals surface area contributed by atoms with Gasteiger partial charge in [-0.2, -0.15) is 0 Å². The molecule has 0 aliphatic carbocycles. The molecule has 0 aliphatic rings. The van der Waals surface area contributed by atoms with Gasteiger partial charge in [-0.25, -0.2) is 9.78 Å². The molecule has 0 spiro atoms. The summed E-state index contributed by atoms with van der Waals surface area (Å²) in [6.07, 6.45) is -0.949.